The second-order valence-corrected chi connectivity index (χ2v) is 8.63. The second-order valence-electron chi connectivity index (χ2n) is 6.41. The maximum Gasteiger partial charge on any atom is 0.338 e. The molecule has 1 atom stereocenters. The van der Waals surface area contributed by atoms with Crippen molar-refractivity contribution in [3.05, 3.63) is 35.4 Å². The zero-order valence-electron chi connectivity index (χ0n) is 13.6. The Morgan fingerprint density at radius 2 is 1.80 bits per heavy atom. The lowest BCUT2D eigenvalue weighted by Gasteiger charge is -2.28. The predicted molar refractivity (Wildman–Crippen MR) is 89.0 cm³/mol. The van der Waals surface area contributed by atoms with Crippen LogP contribution in [0.2, 0.25) is 0 Å². The van der Waals surface area contributed by atoms with Crippen molar-refractivity contribution < 1.29 is 27.5 Å². The van der Waals surface area contributed by atoms with E-state index in [0.717, 1.165) is 12.8 Å². The molecular weight excluding hydrogens is 346 g/mol. The normalized spacial score (nSPS) is 21.5. The van der Waals surface area contributed by atoms with Gasteiger partial charge in [0.25, 0.3) is 5.91 Å². The lowest BCUT2D eigenvalue weighted by molar-refractivity contribution is -0.137. The van der Waals surface area contributed by atoms with Crippen molar-refractivity contribution in [3.63, 3.8) is 0 Å². The SMILES string of the molecule is O=Cc1ccc(C(=O)OCC(=O)N(C2CC2)[C@H]2CCS(=O)(=O)C2)cc1. The Hall–Kier alpha value is -2.22. The first-order chi connectivity index (χ1) is 11.9. The van der Waals surface area contributed by atoms with E-state index in [9.17, 15) is 22.8 Å². The van der Waals surface area contributed by atoms with Crippen molar-refractivity contribution in [1.82, 2.24) is 4.90 Å². The van der Waals surface area contributed by atoms with Crippen molar-refractivity contribution in [2.24, 2.45) is 0 Å². The largest absolute Gasteiger partial charge is 0.452 e. The van der Waals surface area contributed by atoms with Crippen LogP contribution < -0.4 is 0 Å². The van der Waals surface area contributed by atoms with Crippen LogP contribution in [0.3, 0.4) is 0 Å². The van der Waals surface area contributed by atoms with Crippen molar-refractivity contribution >= 4 is 28.0 Å². The highest BCUT2D eigenvalue weighted by molar-refractivity contribution is 7.91. The second kappa shape index (κ2) is 6.95. The number of ether oxygens (including phenoxy) is 1. The van der Waals surface area contributed by atoms with E-state index in [2.05, 4.69) is 0 Å². The predicted octanol–water partition coefficient (Wildman–Crippen LogP) is 0.834. The van der Waals surface area contributed by atoms with Gasteiger partial charge in [0.1, 0.15) is 6.29 Å². The van der Waals surface area contributed by atoms with E-state index in [-0.39, 0.29) is 35.1 Å². The van der Waals surface area contributed by atoms with Crippen molar-refractivity contribution in [1.29, 1.82) is 0 Å². The van der Waals surface area contributed by atoms with Gasteiger partial charge in [0.2, 0.25) is 0 Å². The standard InChI is InChI=1S/C17H19NO6S/c19-9-12-1-3-13(4-2-12)17(21)24-10-16(20)18(14-5-6-14)15-7-8-25(22,23)11-15/h1-4,9,14-15H,5-8,10-11H2/t15-/m0/s1. The number of hydrogen-bond donors (Lipinski definition) is 0. The number of hydrogen-bond acceptors (Lipinski definition) is 6. The Kier molecular flexibility index (Phi) is 4.89. The number of carbonyl (C=O) groups excluding carboxylic acids is 3. The Labute approximate surface area is 145 Å². The number of nitrogens with zero attached hydrogens (tertiary/aromatic N) is 1. The van der Waals surface area contributed by atoms with E-state index < -0.39 is 22.4 Å². The van der Waals surface area contributed by atoms with Crippen molar-refractivity contribution in [3.8, 4) is 0 Å². The van der Waals surface area contributed by atoms with Gasteiger partial charge in [0, 0.05) is 17.6 Å². The van der Waals surface area contributed by atoms with Crippen LogP contribution >= 0.6 is 0 Å². The van der Waals surface area contributed by atoms with Crippen LogP contribution in [0.15, 0.2) is 24.3 Å². The maximum absolute atomic E-state index is 12.5. The topological polar surface area (TPSA) is 97.8 Å². The number of carbonyl (C=O) groups is 3. The molecule has 2 fully saturated rings. The van der Waals surface area contributed by atoms with Gasteiger partial charge in [0.15, 0.2) is 16.4 Å². The molecule has 3 rings (SSSR count). The van der Waals surface area contributed by atoms with E-state index in [1.54, 1.807) is 4.90 Å². The van der Waals surface area contributed by atoms with E-state index in [0.29, 0.717) is 18.3 Å². The van der Waals surface area contributed by atoms with E-state index in [1.165, 1.54) is 24.3 Å². The fourth-order valence-corrected chi connectivity index (χ4v) is 4.75. The third-order valence-corrected chi connectivity index (χ3v) is 6.19. The quantitative estimate of drug-likeness (QED) is 0.547. The summed E-state index contributed by atoms with van der Waals surface area (Å²) >= 11 is 0. The van der Waals surface area contributed by atoms with Crippen LogP contribution in [-0.4, -0.2) is 61.7 Å². The highest BCUT2D eigenvalue weighted by Crippen LogP contribution is 2.32. The minimum absolute atomic E-state index is 0.0175. The van der Waals surface area contributed by atoms with Crippen LogP contribution in [-0.2, 0) is 19.4 Å². The molecule has 1 saturated heterocycles. The van der Waals surface area contributed by atoms with Gasteiger partial charge in [-0.05, 0) is 31.4 Å². The van der Waals surface area contributed by atoms with Crippen LogP contribution in [0.1, 0.15) is 40.0 Å². The maximum atomic E-state index is 12.5. The van der Waals surface area contributed by atoms with E-state index in [1.807, 2.05) is 0 Å². The summed E-state index contributed by atoms with van der Waals surface area (Å²) in [6.07, 6.45) is 2.81. The molecule has 1 aromatic rings. The van der Waals surface area contributed by atoms with Crippen molar-refractivity contribution in [2.45, 2.75) is 31.3 Å². The zero-order valence-corrected chi connectivity index (χ0v) is 14.4. The molecule has 1 aromatic carbocycles. The Morgan fingerprint density at radius 3 is 2.32 bits per heavy atom. The van der Waals surface area contributed by atoms with Crippen LogP contribution in [0.25, 0.3) is 0 Å². The molecule has 0 spiro atoms. The Bertz CT molecular complexity index is 782. The first-order valence-corrected chi connectivity index (χ1v) is 9.96. The lowest BCUT2D eigenvalue weighted by atomic mass is 10.1. The fourth-order valence-electron chi connectivity index (χ4n) is 3.04. The van der Waals surface area contributed by atoms with Gasteiger partial charge in [0.05, 0.1) is 17.1 Å². The average Bonchev–Trinajstić information content (AvgIpc) is 3.36. The van der Waals surface area contributed by atoms with Gasteiger partial charge in [-0.1, -0.05) is 12.1 Å². The highest BCUT2D eigenvalue weighted by atomic mass is 32.2. The molecule has 1 aliphatic heterocycles. The number of amides is 1. The highest BCUT2D eigenvalue weighted by Gasteiger charge is 2.42. The summed E-state index contributed by atoms with van der Waals surface area (Å²) in [6, 6.07) is 5.63. The molecular formula is C17H19NO6S. The molecule has 0 radical (unpaired) electrons. The van der Waals surface area contributed by atoms with Gasteiger partial charge in [-0.15, -0.1) is 0 Å². The number of benzene rings is 1. The Balaban J connectivity index is 1.60. The van der Waals surface area contributed by atoms with Gasteiger partial charge in [-0.2, -0.15) is 0 Å². The lowest BCUT2D eigenvalue weighted by Crippen LogP contribution is -2.44. The summed E-state index contributed by atoms with van der Waals surface area (Å²) in [5, 5.41) is 0. The molecule has 8 heteroatoms. The zero-order chi connectivity index (χ0) is 18.0. The molecule has 1 saturated carbocycles. The molecule has 0 N–H and O–H groups in total. The third kappa shape index (κ3) is 4.25. The molecule has 0 bridgehead atoms. The third-order valence-electron chi connectivity index (χ3n) is 4.44. The molecule has 7 nitrogen and oxygen atoms in total. The van der Waals surface area contributed by atoms with E-state index >= 15 is 0 Å². The fraction of sp³-hybridized carbons (Fsp3) is 0.471. The van der Waals surface area contributed by atoms with Crippen LogP contribution in [0.5, 0.6) is 0 Å². The number of sulfone groups is 1. The van der Waals surface area contributed by atoms with Gasteiger partial charge < -0.3 is 9.64 Å². The van der Waals surface area contributed by atoms with Gasteiger partial charge in [-0.3, -0.25) is 9.59 Å². The molecule has 1 aliphatic carbocycles. The van der Waals surface area contributed by atoms with Crippen molar-refractivity contribution in [2.75, 3.05) is 18.1 Å². The number of aldehydes is 1. The molecule has 2 aliphatic rings. The summed E-state index contributed by atoms with van der Waals surface area (Å²) in [4.78, 5) is 36.7. The monoisotopic (exact) mass is 365 g/mol. The first kappa shape index (κ1) is 17.6. The Morgan fingerprint density at radius 1 is 1.12 bits per heavy atom. The van der Waals surface area contributed by atoms with Gasteiger partial charge in [-0.25, -0.2) is 13.2 Å². The van der Waals surface area contributed by atoms with Crippen LogP contribution in [0, 0.1) is 0 Å². The molecule has 0 aromatic heterocycles. The first-order valence-electron chi connectivity index (χ1n) is 8.13. The average molecular weight is 365 g/mol. The summed E-state index contributed by atoms with van der Waals surface area (Å²) in [5.41, 5.74) is 0.690. The smallest absolute Gasteiger partial charge is 0.338 e. The summed E-state index contributed by atoms with van der Waals surface area (Å²) < 4.78 is 28.4. The molecule has 0 unspecified atom stereocenters. The van der Waals surface area contributed by atoms with Gasteiger partial charge >= 0.3 is 5.97 Å². The minimum Gasteiger partial charge on any atom is -0.452 e. The molecule has 134 valence electrons. The summed E-state index contributed by atoms with van der Waals surface area (Å²) in [7, 11) is -3.09. The molecule has 1 heterocycles. The van der Waals surface area contributed by atoms with E-state index in [4.69, 9.17) is 4.74 Å². The van der Waals surface area contributed by atoms with Crippen LogP contribution in [0.4, 0.5) is 0 Å². The number of rotatable bonds is 6. The summed E-state index contributed by atoms with van der Waals surface area (Å²) in [6.45, 7) is -0.415. The molecule has 25 heavy (non-hydrogen) atoms. The summed E-state index contributed by atoms with van der Waals surface area (Å²) in [5.74, 6) is -0.934. The number of esters is 1. The molecule has 1 amide bonds. The minimum atomic E-state index is -3.09.